The molecule has 4 aliphatic carbocycles. The summed E-state index contributed by atoms with van der Waals surface area (Å²) in [6.45, 7) is 5.51. The molecule has 3 saturated carbocycles. The monoisotopic (exact) mass is 372 g/mol. The zero-order valence-corrected chi connectivity index (χ0v) is 16.2. The van der Waals surface area contributed by atoms with Gasteiger partial charge in [0, 0.05) is 10.8 Å². The van der Waals surface area contributed by atoms with E-state index in [1.54, 1.807) is 12.2 Å². The molecular formula is C22H28O5. The average molecular weight is 372 g/mol. The van der Waals surface area contributed by atoms with Crippen molar-refractivity contribution in [1.82, 2.24) is 0 Å². The van der Waals surface area contributed by atoms with Crippen molar-refractivity contribution in [3.05, 3.63) is 23.8 Å². The van der Waals surface area contributed by atoms with E-state index < -0.39 is 23.4 Å². The van der Waals surface area contributed by atoms with E-state index >= 15 is 0 Å². The predicted molar refractivity (Wildman–Crippen MR) is 97.7 cm³/mol. The fourth-order valence-electron chi connectivity index (χ4n) is 7.70. The summed E-state index contributed by atoms with van der Waals surface area (Å²) in [6, 6.07) is 0. The van der Waals surface area contributed by atoms with Crippen LogP contribution in [-0.2, 0) is 14.3 Å². The van der Waals surface area contributed by atoms with E-state index in [4.69, 9.17) is 4.74 Å². The Bertz CT molecular complexity index is 814. The standard InChI is InChI=1S/C22H28O5/c1-12-8-16-15-5-4-13-9-14(24)6-7-19(13,2)22(15)18(27-22)10-20(16,3)21(12,26)17(25)11-23/h6-7,9,12,15-16,18,23,26H,4-5,8,10-11H2,1-3H3/t12-,15+,16+,18?,19+,20+,21+,22?/m1/s1. The van der Waals surface area contributed by atoms with E-state index in [0.29, 0.717) is 6.42 Å². The third-order valence-electron chi connectivity index (χ3n) is 9.08. The second-order valence-corrected chi connectivity index (χ2v) is 9.86. The summed E-state index contributed by atoms with van der Waals surface area (Å²) < 4.78 is 6.43. The second-order valence-electron chi connectivity index (χ2n) is 9.86. The molecule has 8 atom stereocenters. The minimum atomic E-state index is -1.50. The molecule has 0 aromatic rings. The molecule has 1 saturated heterocycles. The van der Waals surface area contributed by atoms with Gasteiger partial charge < -0.3 is 14.9 Å². The summed E-state index contributed by atoms with van der Waals surface area (Å²) >= 11 is 0. The number of aliphatic hydroxyl groups excluding tert-OH is 1. The number of carbonyl (C=O) groups is 2. The molecule has 5 aliphatic rings. The maximum Gasteiger partial charge on any atom is 0.190 e. The van der Waals surface area contributed by atoms with Crippen molar-refractivity contribution in [2.75, 3.05) is 6.61 Å². The lowest BCUT2D eigenvalue weighted by atomic mass is 9.46. The van der Waals surface area contributed by atoms with Gasteiger partial charge in [-0.15, -0.1) is 0 Å². The van der Waals surface area contributed by atoms with Crippen LogP contribution in [0.15, 0.2) is 23.8 Å². The number of ketones is 2. The van der Waals surface area contributed by atoms with Crippen LogP contribution in [0, 0.1) is 28.6 Å². The molecule has 1 spiro atoms. The molecule has 146 valence electrons. The molecule has 0 bridgehead atoms. The lowest BCUT2D eigenvalue weighted by molar-refractivity contribution is -0.165. The zero-order valence-electron chi connectivity index (χ0n) is 16.2. The Hall–Kier alpha value is -1.30. The fraction of sp³-hybridized carbons (Fsp3) is 0.727. The molecule has 1 aliphatic heterocycles. The highest BCUT2D eigenvalue weighted by Gasteiger charge is 2.81. The first-order chi connectivity index (χ1) is 12.6. The van der Waals surface area contributed by atoms with Crippen LogP contribution in [0.3, 0.4) is 0 Å². The maximum absolute atomic E-state index is 12.6. The molecule has 2 N–H and O–H groups in total. The number of hydrogen-bond donors (Lipinski definition) is 2. The number of fused-ring (bicyclic) bond motifs is 3. The Balaban J connectivity index is 1.60. The first kappa shape index (κ1) is 17.8. The van der Waals surface area contributed by atoms with Gasteiger partial charge in [0.05, 0.1) is 6.10 Å². The molecule has 0 radical (unpaired) electrons. The smallest absolute Gasteiger partial charge is 0.190 e. The van der Waals surface area contributed by atoms with Gasteiger partial charge in [0.2, 0.25) is 0 Å². The Morgan fingerprint density at radius 2 is 2.07 bits per heavy atom. The number of rotatable bonds is 2. The number of aliphatic hydroxyl groups is 2. The van der Waals surface area contributed by atoms with Gasteiger partial charge in [0.25, 0.3) is 0 Å². The van der Waals surface area contributed by atoms with Crippen LogP contribution in [0.2, 0.25) is 0 Å². The topological polar surface area (TPSA) is 87.1 Å². The normalized spacial score (nSPS) is 55.1. The van der Waals surface area contributed by atoms with Crippen LogP contribution < -0.4 is 0 Å². The van der Waals surface area contributed by atoms with Crippen molar-refractivity contribution in [2.45, 2.75) is 63.8 Å². The van der Waals surface area contributed by atoms with Gasteiger partial charge in [-0.3, -0.25) is 9.59 Å². The maximum atomic E-state index is 12.6. The average Bonchev–Trinajstić information content (AvgIpc) is 3.31. The van der Waals surface area contributed by atoms with Gasteiger partial charge >= 0.3 is 0 Å². The SMILES string of the molecule is C[C@@H]1C[C@H]2[C@@H]3CCC4=CC(=O)C=C[C@]4(C)C34OC4C[C@]2(C)[C@@]1(O)C(=O)CO. The summed E-state index contributed by atoms with van der Waals surface area (Å²) in [6.07, 6.45) is 8.58. The summed E-state index contributed by atoms with van der Waals surface area (Å²) in [5, 5.41) is 21.0. The molecule has 5 heteroatoms. The number of Topliss-reactive ketones (excluding diaryl/α,β-unsaturated/α-hetero) is 1. The quantitative estimate of drug-likeness (QED) is 0.724. The van der Waals surface area contributed by atoms with Gasteiger partial charge in [0.15, 0.2) is 11.6 Å². The Morgan fingerprint density at radius 1 is 1.33 bits per heavy atom. The third kappa shape index (κ3) is 1.73. The van der Waals surface area contributed by atoms with E-state index in [2.05, 4.69) is 6.92 Å². The van der Waals surface area contributed by atoms with Crippen molar-refractivity contribution in [3.8, 4) is 0 Å². The summed E-state index contributed by atoms with van der Waals surface area (Å²) in [7, 11) is 0. The fourth-order valence-corrected chi connectivity index (χ4v) is 7.70. The molecule has 2 unspecified atom stereocenters. The summed E-state index contributed by atoms with van der Waals surface area (Å²) in [5.74, 6) is -0.193. The summed E-state index contributed by atoms with van der Waals surface area (Å²) in [5.41, 5.74) is -1.55. The van der Waals surface area contributed by atoms with Gasteiger partial charge in [0.1, 0.15) is 17.8 Å². The predicted octanol–water partition coefficient (Wildman–Crippen LogP) is 1.96. The highest BCUT2D eigenvalue weighted by atomic mass is 16.6. The van der Waals surface area contributed by atoms with E-state index in [1.165, 1.54) is 0 Å². The van der Waals surface area contributed by atoms with E-state index in [1.807, 2.05) is 19.9 Å². The molecule has 5 nitrogen and oxygen atoms in total. The summed E-state index contributed by atoms with van der Waals surface area (Å²) in [4.78, 5) is 24.5. The molecule has 0 amide bonds. The molecule has 0 aromatic heterocycles. The van der Waals surface area contributed by atoms with Crippen molar-refractivity contribution in [2.24, 2.45) is 28.6 Å². The highest BCUT2D eigenvalue weighted by Crippen LogP contribution is 2.76. The van der Waals surface area contributed by atoms with Crippen LogP contribution in [0.5, 0.6) is 0 Å². The third-order valence-corrected chi connectivity index (χ3v) is 9.08. The molecule has 0 aromatic carbocycles. The van der Waals surface area contributed by atoms with Gasteiger partial charge in [-0.05, 0) is 62.5 Å². The van der Waals surface area contributed by atoms with Crippen molar-refractivity contribution >= 4 is 11.6 Å². The van der Waals surface area contributed by atoms with E-state index in [0.717, 1.165) is 24.8 Å². The van der Waals surface area contributed by atoms with Gasteiger partial charge in [-0.25, -0.2) is 0 Å². The van der Waals surface area contributed by atoms with E-state index in [9.17, 15) is 19.8 Å². The minimum absolute atomic E-state index is 0.0291. The Morgan fingerprint density at radius 3 is 2.78 bits per heavy atom. The van der Waals surface area contributed by atoms with Crippen LogP contribution in [0.25, 0.3) is 0 Å². The number of epoxide rings is 1. The van der Waals surface area contributed by atoms with E-state index in [-0.39, 0.29) is 40.7 Å². The zero-order chi connectivity index (χ0) is 19.4. The van der Waals surface area contributed by atoms with Crippen LogP contribution in [0.4, 0.5) is 0 Å². The molecule has 5 rings (SSSR count). The number of allylic oxidation sites excluding steroid dienone is 2. The number of hydrogen-bond acceptors (Lipinski definition) is 5. The first-order valence-electron chi connectivity index (χ1n) is 10.1. The lowest BCUT2D eigenvalue weighted by Crippen LogP contribution is -2.62. The molecule has 27 heavy (non-hydrogen) atoms. The molecule has 4 fully saturated rings. The highest BCUT2D eigenvalue weighted by molar-refractivity contribution is 6.01. The number of carbonyl (C=O) groups excluding carboxylic acids is 2. The van der Waals surface area contributed by atoms with Gasteiger partial charge in [-0.2, -0.15) is 0 Å². The van der Waals surface area contributed by atoms with Crippen LogP contribution in [0.1, 0.15) is 46.5 Å². The van der Waals surface area contributed by atoms with Crippen molar-refractivity contribution in [1.29, 1.82) is 0 Å². The van der Waals surface area contributed by atoms with Crippen molar-refractivity contribution < 1.29 is 24.5 Å². The number of ether oxygens (including phenoxy) is 1. The van der Waals surface area contributed by atoms with Gasteiger partial charge in [-0.1, -0.05) is 25.5 Å². The molecule has 1 heterocycles. The minimum Gasteiger partial charge on any atom is -0.388 e. The first-order valence-corrected chi connectivity index (χ1v) is 10.1. The largest absolute Gasteiger partial charge is 0.388 e. The second kappa shape index (κ2) is 5.00. The Kier molecular flexibility index (Phi) is 3.29. The van der Waals surface area contributed by atoms with Crippen molar-refractivity contribution in [3.63, 3.8) is 0 Å². The lowest BCUT2D eigenvalue weighted by Gasteiger charge is -2.55. The Labute approximate surface area is 159 Å². The van der Waals surface area contributed by atoms with Crippen LogP contribution >= 0.6 is 0 Å². The molecular weight excluding hydrogens is 344 g/mol. The van der Waals surface area contributed by atoms with Crippen LogP contribution in [-0.4, -0.2) is 45.7 Å².